The van der Waals surface area contributed by atoms with Gasteiger partial charge in [-0.15, -0.1) is 0 Å². The van der Waals surface area contributed by atoms with Crippen molar-refractivity contribution in [2.24, 2.45) is 0 Å². The lowest BCUT2D eigenvalue weighted by Gasteiger charge is -2.21. The first-order valence-electron chi connectivity index (χ1n) is 10.7. The second-order valence-electron chi connectivity index (χ2n) is 8.77. The molecule has 0 radical (unpaired) electrons. The lowest BCUT2D eigenvalue weighted by atomic mass is 9.85. The quantitative estimate of drug-likeness (QED) is 0.324. The van der Waals surface area contributed by atoms with E-state index < -0.39 is 29.6 Å². The molecular formula is C26H21F4N3O2. The number of nitrogens with one attached hydrogen (secondary N) is 1. The minimum Gasteiger partial charge on any atom is -0.487 e. The van der Waals surface area contributed by atoms with Gasteiger partial charge in [-0.2, -0.15) is 18.4 Å². The van der Waals surface area contributed by atoms with Crippen LogP contribution in [0.2, 0.25) is 0 Å². The van der Waals surface area contributed by atoms with Gasteiger partial charge in [0.1, 0.15) is 30.1 Å². The molecule has 1 aromatic heterocycles. The van der Waals surface area contributed by atoms with Crippen molar-refractivity contribution < 1.29 is 27.4 Å². The van der Waals surface area contributed by atoms with Gasteiger partial charge in [0.05, 0.1) is 28.8 Å². The Labute approximate surface area is 198 Å². The Morgan fingerprint density at radius 2 is 1.83 bits per heavy atom. The summed E-state index contributed by atoms with van der Waals surface area (Å²) in [6.07, 6.45) is -4.68. The van der Waals surface area contributed by atoms with Crippen LogP contribution >= 0.6 is 0 Å². The van der Waals surface area contributed by atoms with Gasteiger partial charge in [-0.3, -0.25) is 0 Å². The number of rotatable bonds is 6. The van der Waals surface area contributed by atoms with Crippen LogP contribution < -0.4 is 4.74 Å². The second kappa shape index (κ2) is 9.04. The van der Waals surface area contributed by atoms with Crippen LogP contribution in [0.1, 0.15) is 36.1 Å². The van der Waals surface area contributed by atoms with E-state index in [0.717, 1.165) is 23.2 Å². The summed E-state index contributed by atoms with van der Waals surface area (Å²) in [5.41, 5.74) is 1.17. The minimum atomic E-state index is -4.68. The summed E-state index contributed by atoms with van der Waals surface area (Å²) in [4.78, 5) is 7.74. The molecule has 0 saturated heterocycles. The number of alkyl halides is 3. The molecule has 0 atom stereocenters. The molecule has 0 spiro atoms. The molecule has 4 aromatic rings. The summed E-state index contributed by atoms with van der Waals surface area (Å²) in [6, 6.07) is 14.3. The van der Waals surface area contributed by atoms with Crippen LogP contribution in [0.4, 0.5) is 17.6 Å². The second-order valence-corrected chi connectivity index (χ2v) is 8.77. The molecule has 0 bridgehead atoms. The lowest BCUT2D eigenvalue weighted by Crippen LogP contribution is -2.21. The predicted molar refractivity (Wildman–Crippen MR) is 122 cm³/mol. The molecule has 0 aliphatic rings. The number of nitriles is 1. The number of hydrogen-bond acceptors (Lipinski definition) is 4. The Morgan fingerprint density at radius 1 is 1.06 bits per heavy atom. The van der Waals surface area contributed by atoms with E-state index in [2.05, 4.69) is 9.97 Å². The van der Waals surface area contributed by atoms with Gasteiger partial charge in [0, 0.05) is 16.5 Å². The molecule has 5 nitrogen and oxygen atoms in total. The van der Waals surface area contributed by atoms with Crippen molar-refractivity contribution in [2.45, 2.75) is 32.0 Å². The van der Waals surface area contributed by atoms with Gasteiger partial charge in [0.15, 0.2) is 0 Å². The summed E-state index contributed by atoms with van der Waals surface area (Å²) in [6.45, 7) is 3.22. The topological polar surface area (TPSA) is 81.9 Å². The number of halogens is 4. The maximum atomic E-state index is 13.6. The van der Waals surface area contributed by atoms with Gasteiger partial charge in [0.25, 0.3) is 0 Å². The maximum Gasteiger partial charge on any atom is 0.416 e. The van der Waals surface area contributed by atoms with Crippen LogP contribution in [0, 0.1) is 17.1 Å². The minimum absolute atomic E-state index is 0.0306. The van der Waals surface area contributed by atoms with Crippen LogP contribution in [-0.4, -0.2) is 21.7 Å². The van der Waals surface area contributed by atoms with Crippen LogP contribution in [0.15, 0.2) is 54.6 Å². The third kappa shape index (κ3) is 4.98. The van der Waals surface area contributed by atoms with E-state index in [1.807, 2.05) is 38.1 Å². The summed E-state index contributed by atoms with van der Waals surface area (Å²) in [5.74, 6) is -0.308. The monoisotopic (exact) mass is 483 g/mol. The fourth-order valence-corrected chi connectivity index (χ4v) is 3.65. The SMILES string of the molecule is CC(C)(CO)c1ccc2nc(-c3ccc(C#N)c(OCc4cc(F)ccc4C(F)(F)F)c3)[nH]c2c1. The van der Waals surface area contributed by atoms with Crippen molar-refractivity contribution in [2.75, 3.05) is 6.61 Å². The first-order valence-corrected chi connectivity index (χ1v) is 10.7. The highest BCUT2D eigenvalue weighted by Crippen LogP contribution is 2.34. The fourth-order valence-electron chi connectivity index (χ4n) is 3.65. The Hall–Kier alpha value is -3.90. The Bertz CT molecular complexity index is 1440. The molecule has 180 valence electrons. The van der Waals surface area contributed by atoms with Gasteiger partial charge in [0.2, 0.25) is 0 Å². The van der Waals surface area contributed by atoms with E-state index in [9.17, 15) is 27.9 Å². The molecule has 35 heavy (non-hydrogen) atoms. The molecule has 3 aromatic carbocycles. The van der Waals surface area contributed by atoms with E-state index in [4.69, 9.17) is 4.74 Å². The third-order valence-electron chi connectivity index (χ3n) is 5.79. The molecule has 0 unspecified atom stereocenters. The Kier molecular flexibility index (Phi) is 6.26. The lowest BCUT2D eigenvalue weighted by molar-refractivity contribution is -0.138. The highest BCUT2D eigenvalue weighted by atomic mass is 19.4. The summed E-state index contributed by atoms with van der Waals surface area (Å²) in [5, 5.41) is 19.1. The van der Waals surface area contributed by atoms with Crippen molar-refractivity contribution in [3.63, 3.8) is 0 Å². The van der Waals surface area contributed by atoms with Gasteiger partial charge in [-0.1, -0.05) is 19.9 Å². The number of aromatic nitrogens is 2. The van der Waals surface area contributed by atoms with E-state index in [0.29, 0.717) is 23.0 Å². The van der Waals surface area contributed by atoms with Crippen LogP contribution in [-0.2, 0) is 18.2 Å². The average Bonchev–Trinajstić information content (AvgIpc) is 3.25. The zero-order chi connectivity index (χ0) is 25.4. The van der Waals surface area contributed by atoms with E-state index in [-0.39, 0.29) is 23.5 Å². The van der Waals surface area contributed by atoms with Crippen molar-refractivity contribution in [3.8, 4) is 23.2 Å². The van der Waals surface area contributed by atoms with Crippen molar-refractivity contribution in [1.29, 1.82) is 5.26 Å². The number of aromatic amines is 1. The van der Waals surface area contributed by atoms with Crippen molar-refractivity contribution in [3.05, 3.63) is 82.7 Å². The number of aliphatic hydroxyl groups is 1. The average molecular weight is 483 g/mol. The van der Waals surface area contributed by atoms with Crippen LogP contribution in [0.5, 0.6) is 5.75 Å². The molecule has 0 fully saturated rings. The zero-order valence-corrected chi connectivity index (χ0v) is 18.9. The summed E-state index contributed by atoms with van der Waals surface area (Å²) < 4.78 is 59.1. The van der Waals surface area contributed by atoms with Crippen LogP contribution in [0.3, 0.4) is 0 Å². The van der Waals surface area contributed by atoms with Crippen LogP contribution in [0.25, 0.3) is 22.4 Å². The van der Waals surface area contributed by atoms with Crippen molar-refractivity contribution >= 4 is 11.0 Å². The molecule has 0 aliphatic heterocycles. The molecule has 2 N–H and O–H groups in total. The van der Waals surface area contributed by atoms with E-state index >= 15 is 0 Å². The smallest absolute Gasteiger partial charge is 0.416 e. The number of nitrogens with zero attached hydrogens (tertiary/aromatic N) is 2. The number of H-pyrrole nitrogens is 1. The number of imidazole rings is 1. The molecule has 9 heteroatoms. The molecular weight excluding hydrogens is 462 g/mol. The molecule has 1 heterocycles. The number of ether oxygens (including phenoxy) is 1. The van der Waals surface area contributed by atoms with Crippen molar-refractivity contribution in [1.82, 2.24) is 9.97 Å². The van der Waals surface area contributed by atoms with Gasteiger partial charge in [-0.25, -0.2) is 9.37 Å². The fraction of sp³-hybridized carbons (Fsp3) is 0.231. The van der Waals surface area contributed by atoms with E-state index in [1.165, 1.54) is 12.1 Å². The first kappa shape index (κ1) is 24.2. The number of fused-ring (bicyclic) bond motifs is 1. The highest BCUT2D eigenvalue weighted by molar-refractivity contribution is 5.80. The largest absolute Gasteiger partial charge is 0.487 e. The molecule has 0 aliphatic carbocycles. The predicted octanol–water partition coefficient (Wildman–Crippen LogP) is 6.11. The number of hydrogen-bond donors (Lipinski definition) is 2. The number of aliphatic hydroxyl groups excluding tert-OH is 1. The standard InChI is InChI=1S/C26H21F4N3O2/c1-25(2,14-34)18-5-8-21-22(11-18)33-24(32-21)15-3-4-16(12-31)23(10-15)35-13-17-9-19(27)6-7-20(17)26(28,29)30/h3-11,34H,13-14H2,1-2H3,(H,32,33). The van der Waals surface area contributed by atoms with Gasteiger partial charge >= 0.3 is 6.18 Å². The highest BCUT2D eigenvalue weighted by Gasteiger charge is 2.33. The normalized spacial score (nSPS) is 12.1. The Balaban J connectivity index is 1.67. The number of benzene rings is 3. The summed E-state index contributed by atoms with van der Waals surface area (Å²) in [7, 11) is 0. The Morgan fingerprint density at radius 3 is 2.51 bits per heavy atom. The van der Waals surface area contributed by atoms with E-state index in [1.54, 1.807) is 6.07 Å². The zero-order valence-electron chi connectivity index (χ0n) is 18.9. The third-order valence-corrected chi connectivity index (χ3v) is 5.79. The van der Waals surface area contributed by atoms with Gasteiger partial charge in [-0.05, 0) is 54.1 Å². The molecule has 0 amide bonds. The maximum absolute atomic E-state index is 13.6. The first-order chi connectivity index (χ1) is 16.5. The molecule has 0 saturated carbocycles. The summed E-state index contributed by atoms with van der Waals surface area (Å²) >= 11 is 0. The molecule has 4 rings (SSSR count). The van der Waals surface area contributed by atoms with Gasteiger partial charge < -0.3 is 14.8 Å².